The second-order valence-corrected chi connectivity index (χ2v) is 4.80. The van der Waals surface area contributed by atoms with Gasteiger partial charge in [0.1, 0.15) is 6.61 Å². The average Bonchev–Trinajstić information content (AvgIpc) is 2.48. The van der Waals surface area contributed by atoms with Gasteiger partial charge in [-0.25, -0.2) is 13.6 Å². The van der Waals surface area contributed by atoms with Gasteiger partial charge >= 0.3 is 5.97 Å². The van der Waals surface area contributed by atoms with Crippen LogP contribution in [0.25, 0.3) is 0 Å². The zero-order chi connectivity index (χ0) is 15.4. The second-order valence-electron chi connectivity index (χ2n) is 4.80. The number of carboxylic acid groups (broad SMARTS) is 1. The third-order valence-electron chi connectivity index (χ3n) is 3.35. The molecule has 0 aliphatic carbocycles. The SMILES string of the molecule is O=C(O)COC1CCN(C(=O)c2cccc(F)c2F)CC1. The number of ether oxygens (including phenoxy) is 1. The molecule has 0 unspecified atom stereocenters. The van der Waals surface area contributed by atoms with Gasteiger partial charge in [0, 0.05) is 13.1 Å². The summed E-state index contributed by atoms with van der Waals surface area (Å²) in [6.07, 6.45) is 0.703. The van der Waals surface area contributed by atoms with E-state index in [9.17, 15) is 18.4 Å². The van der Waals surface area contributed by atoms with E-state index >= 15 is 0 Å². The number of carboxylic acids is 1. The van der Waals surface area contributed by atoms with Gasteiger partial charge in [-0.1, -0.05) is 6.07 Å². The van der Waals surface area contributed by atoms with Crippen LogP contribution in [0.4, 0.5) is 8.78 Å². The van der Waals surface area contributed by atoms with E-state index in [1.165, 1.54) is 17.0 Å². The third kappa shape index (κ3) is 3.75. The van der Waals surface area contributed by atoms with E-state index < -0.39 is 23.5 Å². The number of amides is 1. The highest BCUT2D eigenvalue weighted by molar-refractivity contribution is 5.94. The van der Waals surface area contributed by atoms with Crippen LogP contribution in [0, 0.1) is 11.6 Å². The quantitative estimate of drug-likeness (QED) is 0.918. The molecule has 0 atom stereocenters. The van der Waals surface area contributed by atoms with Crippen molar-refractivity contribution in [1.82, 2.24) is 4.90 Å². The number of hydrogen-bond acceptors (Lipinski definition) is 3. The minimum absolute atomic E-state index is 0.234. The highest BCUT2D eigenvalue weighted by atomic mass is 19.2. The van der Waals surface area contributed by atoms with Crippen molar-refractivity contribution in [3.05, 3.63) is 35.4 Å². The summed E-state index contributed by atoms with van der Waals surface area (Å²) in [6.45, 7) is 0.259. The first-order valence-corrected chi connectivity index (χ1v) is 6.55. The van der Waals surface area contributed by atoms with Gasteiger partial charge in [-0.3, -0.25) is 4.79 Å². The van der Waals surface area contributed by atoms with Crippen LogP contribution in [0.1, 0.15) is 23.2 Å². The predicted molar refractivity (Wildman–Crippen MR) is 68.9 cm³/mol. The summed E-state index contributed by atoms with van der Waals surface area (Å²) in [6, 6.07) is 3.49. The molecule has 1 N–H and O–H groups in total. The van der Waals surface area contributed by atoms with Gasteiger partial charge in [-0.2, -0.15) is 0 Å². The normalized spacial score (nSPS) is 16.0. The maximum Gasteiger partial charge on any atom is 0.329 e. The summed E-state index contributed by atoms with van der Waals surface area (Å²) in [7, 11) is 0. The molecule has 2 rings (SSSR count). The van der Waals surface area contributed by atoms with Gasteiger partial charge in [0.2, 0.25) is 0 Å². The lowest BCUT2D eigenvalue weighted by Gasteiger charge is -2.31. The zero-order valence-electron chi connectivity index (χ0n) is 11.2. The molecular weight excluding hydrogens is 284 g/mol. The van der Waals surface area contributed by atoms with Gasteiger partial charge in [0.15, 0.2) is 11.6 Å². The molecule has 0 bridgehead atoms. The molecule has 1 heterocycles. The Bertz CT molecular complexity index is 542. The molecular formula is C14H15F2NO4. The first kappa shape index (κ1) is 15.4. The minimum atomic E-state index is -1.15. The van der Waals surface area contributed by atoms with Crippen LogP contribution < -0.4 is 0 Å². The number of hydrogen-bond donors (Lipinski definition) is 1. The average molecular weight is 299 g/mol. The molecule has 1 aliphatic heterocycles. The molecule has 1 aliphatic rings. The first-order chi connectivity index (χ1) is 9.99. The van der Waals surface area contributed by atoms with Crippen molar-refractivity contribution in [2.75, 3.05) is 19.7 Å². The van der Waals surface area contributed by atoms with Gasteiger partial charge in [0.25, 0.3) is 5.91 Å². The summed E-state index contributed by atoms with van der Waals surface area (Å²) in [5.41, 5.74) is -0.292. The van der Waals surface area contributed by atoms with Crippen molar-refractivity contribution in [2.24, 2.45) is 0 Å². The molecule has 1 aromatic rings. The molecule has 114 valence electrons. The van der Waals surface area contributed by atoms with Crippen LogP contribution in [0.2, 0.25) is 0 Å². The Kier molecular flexibility index (Phi) is 4.85. The van der Waals surface area contributed by atoms with E-state index in [-0.39, 0.29) is 18.3 Å². The minimum Gasteiger partial charge on any atom is -0.480 e. The molecule has 0 spiro atoms. The van der Waals surface area contributed by atoms with Gasteiger partial charge < -0.3 is 14.7 Å². The van der Waals surface area contributed by atoms with E-state index in [0.717, 1.165) is 6.07 Å². The summed E-state index contributed by atoms with van der Waals surface area (Å²) >= 11 is 0. The maximum atomic E-state index is 13.6. The molecule has 21 heavy (non-hydrogen) atoms. The molecule has 0 aromatic heterocycles. The van der Waals surface area contributed by atoms with Crippen LogP contribution >= 0.6 is 0 Å². The van der Waals surface area contributed by atoms with E-state index in [4.69, 9.17) is 9.84 Å². The van der Waals surface area contributed by atoms with Crippen LogP contribution in [-0.2, 0) is 9.53 Å². The van der Waals surface area contributed by atoms with E-state index in [1.54, 1.807) is 0 Å². The summed E-state index contributed by atoms with van der Waals surface area (Å²) in [5, 5.41) is 8.52. The number of nitrogens with zero attached hydrogens (tertiary/aromatic N) is 1. The van der Waals surface area contributed by atoms with Crippen LogP contribution in [-0.4, -0.2) is 47.7 Å². The molecule has 7 heteroatoms. The molecule has 5 nitrogen and oxygen atoms in total. The molecule has 0 saturated carbocycles. The van der Waals surface area contributed by atoms with E-state index in [2.05, 4.69) is 0 Å². The number of likely N-dealkylation sites (tertiary alicyclic amines) is 1. The van der Waals surface area contributed by atoms with Crippen molar-refractivity contribution >= 4 is 11.9 Å². The fourth-order valence-electron chi connectivity index (χ4n) is 2.25. The number of carbonyl (C=O) groups is 2. The lowest BCUT2D eigenvalue weighted by atomic mass is 10.1. The van der Waals surface area contributed by atoms with Crippen LogP contribution in [0.3, 0.4) is 0 Å². The van der Waals surface area contributed by atoms with Crippen LogP contribution in [0.5, 0.6) is 0 Å². The molecule has 1 aromatic carbocycles. The smallest absolute Gasteiger partial charge is 0.329 e. The topological polar surface area (TPSA) is 66.8 Å². The maximum absolute atomic E-state index is 13.6. The molecule has 1 fully saturated rings. The molecule has 1 saturated heterocycles. The highest BCUT2D eigenvalue weighted by Gasteiger charge is 2.26. The third-order valence-corrected chi connectivity index (χ3v) is 3.35. The standard InChI is InChI=1S/C14H15F2NO4/c15-11-3-1-2-10(13(11)16)14(20)17-6-4-9(5-7-17)21-8-12(18)19/h1-3,9H,4-8H2,(H,18,19). The Hall–Kier alpha value is -2.02. The largest absolute Gasteiger partial charge is 0.480 e. The Balaban J connectivity index is 1.94. The fourth-order valence-corrected chi connectivity index (χ4v) is 2.25. The Labute approximate surface area is 120 Å². The predicted octanol–water partition coefficient (Wildman–Crippen LogP) is 1.67. The number of carbonyl (C=O) groups excluding carboxylic acids is 1. The zero-order valence-corrected chi connectivity index (χ0v) is 11.2. The second kappa shape index (κ2) is 6.62. The van der Waals surface area contributed by atoms with Crippen molar-refractivity contribution in [3.8, 4) is 0 Å². The first-order valence-electron chi connectivity index (χ1n) is 6.55. The fraction of sp³-hybridized carbons (Fsp3) is 0.429. The lowest BCUT2D eigenvalue weighted by molar-refractivity contribution is -0.145. The number of piperidine rings is 1. The Morgan fingerprint density at radius 1 is 1.29 bits per heavy atom. The lowest BCUT2D eigenvalue weighted by Crippen LogP contribution is -2.41. The number of benzene rings is 1. The number of rotatable bonds is 4. The van der Waals surface area contributed by atoms with Crippen molar-refractivity contribution in [2.45, 2.75) is 18.9 Å². The summed E-state index contributed by atoms with van der Waals surface area (Å²) in [4.78, 5) is 23.9. The summed E-state index contributed by atoms with van der Waals surface area (Å²) < 4.78 is 31.9. The number of aliphatic carboxylic acids is 1. The number of halogens is 2. The Morgan fingerprint density at radius 2 is 1.95 bits per heavy atom. The van der Waals surface area contributed by atoms with Crippen molar-refractivity contribution < 1.29 is 28.2 Å². The molecule has 1 amide bonds. The van der Waals surface area contributed by atoms with Crippen molar-refractivity contribution in [1.29, 1.82) is 0 Å². The highest BCUT2D eigenvalue weighted by Crippen LogP contribution is 2.19. The van der Waals surface area contributed by atoms with Crippen molar-refractivity contribution in [3.63, 3.8) is 0 Å². The van der Waals surface area contributed by atoms with E-state index in [0.29, 0.717) is 25.9 Å². The van der Waals surface area contributed by atoms with E-state index in [1.807, 2.05) is 0 Å². The van der Waals surface area contributed by atoms with Gasteiger partial charge in [-0.05, 0) is 25.0 Å². The van der Waals surface area contributed by atoms with Gasteiger partial charge in [-0.15, -0.1) is 0 Å². The van der Waals surface area contributed by atoms with Gasteiger partial charge in [0.05, 0.1) is 11.7 Å². The monoisotopic (exact) mass is 299 g/mol. The summed E-state index contributed by atoms with van der Waals surface area (Å²) in [5.74, 6) is -3.81. The Morgan fingerprint density at radius 3 is 2.57 bits per heavy atom. The van der Waals surface area contributed by atoms with Crippen LogP contribution in [0.15, 0.2) is 18.2 Å². The molecule has 0 radical (unpaired) electrons.